The first-order valence-corrected chi connectivity index (χ1v) is 8.07. The van der Waals surface area contributed by atoms with Crippen molar-refractivity contribution < 1.29 is 9.47 Å². The van der Waals surface area contributed by atoms with Gasteiger partial charge < -0.3 is 20.9 Å². The SMILES string of the molecule is COc1ccc(-n2cc(-c3ccc4nc(N)nc(N)c4c3)nn2)c(OC)c1. The molecule has 27 heavy (non-hydrogen) atoms. The van der Waals surface area contributed by atoms with Gasteiger partial charge in [0.2, 0.25) is 5.95 Å². The quantitative estimate of drug-likeness (QED) is 0.564. The summed E-state index contributed by atoms with van der Waals surface area (Å²) in [5.41, 5.74) is 14.5. The van der Waals surface area contributed by atoms with E-state index in [1.54, 1.807) is 31.2 Å². The van der Waals surface area contributed by atoms with E-state index in [1.807, 2.05) is 30.3 Å². The number of nitrogen functional groups attached to an aromatic ring is 2. The molecular formula is C18H17N7O2. The monoisotopic (exact) mass is 363 g/mol. The summed E-state index contributed by atoms with van der Waals surface area (Å²) in [5, 5.41) is 9.17. The molecule has 0 amide bonds. The second-order valence-electron chi connectivity index (χ2n) is 5.79. The minimum atomic E-state index is 0.144. The Morgan fingerprint density at radius 2 is 1.81 bits per heavy atom. The van der Waals surface area contributed by atoms with Crippen molar-refractivity contribution in [2.24, 2.45) is 0 Å². The third kappa shape index (κ3) is 2.95. The summed E-state index contributed by atoms with van der Waals surface area (Å²) in [5.74, 6) is 1.78. The van der Waals surface area contributed by atoms with Gasteiger partial charge >= 0.3 is 0 Å². The fourth-order valence-electron chi connectivity index (χ4n) is 2.82. The summed E-state index contributed by atoms with van der Waals surface area (Å²) in [4.78, 5) is 8.18. The molecule has 0 spiro atoms. The van der Waals surface area contributed by atoms with Crippen LogP contribution in [-0.4, -0.2) is 39.2 Å². The van der Waals surface area contributed by atoms with Crippen molar-refractivity contribution >= 4 is 22.7 Å². The van der Waals surface area contributed by atoms with Crippen molar-refractivity contribution in [3.8, 4) is 28.4 Å². The molecule has 2 heterocycles. The molecule has 9 heteroatoms. The summed E-state index contributed by atoms with van der Waals surface area (Å²) < 4.78 is 12.3. The topological polar surface area (TPSA) is 127 Å². The summed E-state index contributed by atoms with van der Waals surface area (Å²) >= 11 is 0. The number of hydrogen-bond acceptors (Lipinski definition) is 8. The van der Waals surface area contributed by atoms with Crippen LogP contribution in [0.15, 0.2) is 42.6 Å². The van der Waals surface area contributed by atoms with Gasteiger partial charge in [0.25, 0.3) is 0 Å². The molecule has 4 N–H and O–H groups in total. The van der Waals surface area contributed by atoms with Gasteiger partial charge in [0.1, 0.15) is 28.7 Å². The number of benzene rings is 2. The Morgan fingerprint density at radius 1 is 0.963 bits per heavy atom. The van der Waals surface area contributed by atoms with Crippen molar-refractivity contribution in [2.45, 2.75) is 0 Å². The molecule has 0 aliphatic carbocycles. The Balaban J connectivity index is 1.76. The lowest BCUT2D eigenvalue weighted by Crippen LogP contribution is -2.00. The highest BCUT2D eigenvalue weighted by molar-refractivity contribution is 5.92. The van der Waals surface area contributed by atoms with Gasteiger partial charge in [-0.25, -0.2) is 9.67 Å². The van der Waals surface area contributed by atoms with E-state index in [-0.39, 0.29) is 5.95 Å². The van der Waals surface area contributed by atoms with Crippen molar-refractivity contribution in [3.63, 3.8) is 0 Å². The molecule has 9 nitrogen and oxygen atoms in total. The molecule has 0 aliphatic rings. The van der Waals surface area contributed by atoms with Gasteiger partial charge in [-0.1, -0.05) is 11.3 Å². The highest BCUT2D eigenvalue weighted by Gasteiger charge is 2.12. The average molecular weight is 363 g/mol. The van der Waals surface area contributed by atoms with Crippen molar-refractivity contribution in [1.82, 2.24) is 25.0 Å². The Morgan fingerprint density at radius 3 is 2.59 bits per heavy atom. The van der Waals surface area contributed by atoms with Crippen molar-refractivity contribution in [1.29, 1.82) is 0 Å². The van der Waals surface area contributed by atoms with E-state index in [9.17, 15) is 0 Å². The first kappa shape index (κ1) is 16.6. The molecule has 0 saturated carbocycles. The second-order valence-corrected chi connectivity index (χ2v) is 5.79. The number of rotatable bonds is 4. The predicted octanol–water partition coefficient (Wildman–Crippen LogP) is 2.06. The third-order valence-electron chi connectivity index (χ3n) is 4.17. The summed E-state index contributed by atoms with van der Waals surface area (Å²) in [6.45, 7) is 0. The number of fused-ring (bicyclic) bond motifs is 1. The van der Waals surface area contributed by atoms with Crippen LogP contribution in [0.4, 0.5) is 11.8 Å². The molecule has 0 radical (unpaired) electrons. The number of ether oxygens (including phenoxy) is 2. The molecule has 0 atom stereocenters. The van der Waals surface area contributed by atoms with E-state index in [0.717, 1.165) is 11.3 Å². The number of nitrogens with zero attached hydrogens (tertiary/aromatic N) is 5. The largest absolute Gasteiger partial charge is 0.497 e. The van der Waals surface area contributed by atoms with Crippen molar-refractivity contribution in [3.05, 3.63) is 42.6 Å². The van der Waals surface area contributed by atoms with E-state index in [0.29, 0.717) is 33.9 Å². The number of anilines is 2. The summed E-state index contributed by atoms with van der Waals surface area (Å²) in [7, 11) is 3.19. The fourth-order valence-corrected chi connectivity index (χ4v) is 2.82. The Bertz CT molecular complexity index is 1140. The first-order chi connectivity index (χ1) is 13.1. The summed E-state index contributed by atoms with van der Waals surface area (Å²) in [6.07, 6.45) is 1.81. The van der Waals surface area contributed by atoms with Crippen molar-refractivity contribution in [2.75, 3.05) is 25.7 Å². The normalized spacial score (nSPS) is 10.9. The molecule has 4 rings (SSSR count). The number of hydrogen-bond donors (Lipinski definition) is 2. The highest BCUT2D eigenvalue weighted by atomic mass is 16.5. The number of methoxy groups -OCH3 is 2. The van der Waals surface area contributed by atoms with Gasteiger partial charge in [-0.2, -0.15) is 4.98 Å². The molecule has 136 valence electrons. The first-order valence-electron chi connectivity index (χ1n) is 8.07. The van der Waals surface area contributed by atoms with Crippen LogP contribution in [0.3, 0.4) is 0 Å². The minimum Gasteiger partial charge on any atom is -0.497 e. The number of aromatic nitrogens is 5. The van der Waals surface area contributed by atoms with Crippen LogP contribution in [0.1, 0.15) is 0 Å². The number of nitrogens with two attached hydrogens (primary N) is 2. The van der Waals surface area contributed by atoms with Crippen LogP contribution < -0.4 is 20.9 Å². The molecule has 4 aromatic rings. The van der Waals surface area contributed by atoms with Gasteiger partial charge in [-0.05, 0) is 24.3 Å². The van der Waals surface area contributed by atoms with Crippen LogP contribution in [-0.2, 0) is 0 Å². The van der Waals surface area contributed by atoms with Gasteiger partial charge in [0.15, 0.2) is 0 Å². The molecule has 0 fully saturated rings. The zero-order valence-electron chi connectivity index (χ0n) is 14.7. The molecular weight excluding hydrogens is 346 g/mol. The molecule has 2 aromatic carbocycles. The zero-order valence-corrected chi connectivity index (χ0v) is 14.7. The van der Waals surface area contributed by atoms with Gasteiger partial charge in [-0.15, -0.1) is 5.10 Å². The molecule has 0 aliphatic heterocycles. The Kier molecular flexibility index (Phi) is 3.96. The Hall–Kier alpha value is -3.88. The smallest absolute Gasteiger partial charge is 0.222 e. The molecule has 0 bridgehead atoms. The molecule has 2 aromatic heterocycles. The minimum absolute atomic E-state index is 0.144. The molecule has 0 unspecified atom stereocenters. The zero-order chi connectivity index (χ0) is 19.0. The van der Waals surface area contributed by atoms with Crippen LogP contribution in [0.25, 0.3) is 27.8 Å². The maximum Gasteiger partial charge on any atom is 0.222 e. The van der Waals surface area contributed by atoms with Gasteiger partial charge in [0, 0.05) is 17.0 Å². The second kappa shape index (κ2) is 6.45. The maximum absolute atomic E-state index is 5.96. The van der Waals surface area contributed by atoms with Crippen LogP contribution in [0, 0.1) is 0 Å². The lowest BCUT2D eigenvalue weighted by atomic mass is 10.1. The fraction of sp³-hybridized carbons (Fsp3) is 0.111. The molecule has 0 saturated heterocycles. The lowest BCUT2D eigenvalue weighted by molar-refractivity contribution is 0.392. The van der Waals surface area contributed by atoms with E-state index in [4.69, 9.17) is 20.9 Å². The van der Waals surface area contributed by atoms with E-state index >= 15 is 0 Å². The van der Waals surface area contributed by atoms with E-state index < -0.39 is 0 Å². The van der Waals surface area contributed by atoms with Crippen LogP contribution >= 0.6 is 0 Å². The van der Waals surface area contributed by atoms with E-state index in [1.165, 1.54) is 0 Å². The average Bonchev–Trinajstić information content (AvgIpc) is 3.17. The maximum atomic E-state index is 5.96. The van der Waals surface area contributed by atoms with Crippen LogP contribution in [0.5, 0.6) is 11.5 Å². The van der Waals surface area contributed by atoms with Gasteiger partial charge in [0.05, 0.1) is 25.9 Å². The van der Waals surface area contributed by atoms with E-state index in [2.05, 4.69) is 20.3 Å². The van der Waals surface area contributed by atoms with Gasteiger partial charge in [-0.3, -0.25) is 0 Å². The third-order valence-corrected chi connectivity index (χ3v) is 4.17. The predicted molar refractivity (Wildman–Crippen MR) is 102 cm³/mol. The lowest BCUT2D eigenvalue weighted by Gasteiger charge is -2.09. The Labute approximate surface area is 154 Å². The van der Waals surface area contributed by atoms with Crippen LogP contribution in [0.2, 0.25) is 0 Å². The highest BCUT2D eigenvalue weighted by Crippen LogP contribution is 2.29. The summed E-state index contributed by atoms with van der Waals surface area (Å²) in [6, 6.07) is 11.0. The standard InChI is InChI=1S/C18H17N7O2/c1-26-11-4-6-15(16(8-11)27-2)25-9-14(23-24-25)10-3-5-13-12(7-10)17(19)22-18(20)21-13/h3-9H,1-2H3,(H4,19,20,21,22).